The number of methoxy groups -OCH3 is 1. The quantitative estimate of drug-likeness (QED) is 0.742. The zero-order valence-electron chi connectivity index (χ0n) is 10.5. The minimum atomic E-state index is -0.514. The van der Waals surface area contributed by atoms with Gasteiger partial charge in [-0.3, -0.25) is 4.79 Å². The molecule has 3 unspecified atom stereocenters. The molecule has 3 atom stereocenters. The lowest BCUT2D eigenvalue weighted by atomic mass is 9.72. The molecule has 1 saturated carbocycles. The van der Waals surface area contributed by atoms with Crippen molar-refractivity contribution >= 4 is 5.97 Å². The van der Waals surface area contributed by atoms with Gasteiger partial charge in [-0.1, -0.05) is 12.8 Å². The van der Waals surface area contributed by atoms with E-state index < -0.39 is 5.41 Å². The minimum absolute atomic E-state index is 0.0801. The molecular weight excluding hydrogens is 206 g/mol. The highest BCUT2D eigenvalue weighted by Gasteiger charge is 2.42. The van der Waals surface area contributed by atoms with Crippen molar-refractivity contribution in [1.29, 1.82) is 0 Å². The molecule has 0 heterocycles. The SMILES string of the molecule is COCC(C)OC(=O)C1(C)CCCCC1N. The first-order valence-corrected chi connectivity index (χ1v) is 5.96. The molecule has 1 fully saturated rings. The number of carbonyl (C=O) groups is 1. The van der Waals surface area contributed by atoms with E-state index in [1.54, 1.807) is 7.11 Å². The average molecular weight is 229 g/mol. The average Bonchev–Trinajstić information content (AvgIpc) is 2.22. The predicted molar refractivity (Wildman–Crippen MR) is 62.0 cm³/mol. The second kappa shape index (κ2) is 5.64. The maximum Gasteiger partial charge on any atom is 0.313 e. The molecule has 94 valence electrons. The Morgan fingerprint density at radius 3 is 2.81 bits per heavy atom. The monoisotopic (exact) mass is 229 g/mol. The zero-order valence-corrected chi connectivity index (χ0v) is 10.5. The first-order valence-electron chi connectivity index (χ1n) is 5.96. The van der Waals surface area contributed by atoms with Crippen molar-refractivity contribution in [1.82, 2.24) is 0 Å². The Balaban J connectivity index is 2.56. The van der Waals surface area contributed by atoms with Crippen LogP contribution in [-0.2, 0) is 14.3 Å². The van der Waals surface area contributed by atoms with E-state index in [0.29, 0.717) is 6.61 Å². The summed E-state index contributed by atoms with van der Waals surface area (Å²) in [6.07, 6.45) is 3.69. The van der Waals surface area contributed by atoms with Gasteiger partial charge >= 0.3 is 5.97 Å². The van der Waals surface area contributed by atoms with E-state index in [1.165, 1.54) is 0 Å². The van der Waals surface area contributed by atoms with Crippen LogP contribution in [0.15, 0.2) is 0 Å². The van der Waals surface area contributed by atoms with Gasteiger partial charge in [0.15, 0.2) is 0 Å². The molecule has 0 aromatic carbocycles. The molecule has 16 heavy (non-hydrogen) atoms. The minimum Gasteiger partial charge on any atom is -0.460 e. The van der Waals surface area contributed by atoms with E-state index in [-0.39, 0.29) is 18.1 Å². The lowest BCUT2D eigenvalue weighted by molar-refractivity contribution is -0.165. The lowest BCUT2D eigenvalue weighted by Crippen LogP contribution is -2.49. The van der Waals surface area contributed by atoms with Crippen molar-refractivity contribution in [3.05, 3.63) is 0 Å². The first-order chi connectivity index (χ1) is 7.50. The van der Waals surface area contributed by atoms with Crippen LogP contribution in [0.1, 0.15) is 39.5 Å². The number of ether oxygens (including phenoxy) is 2. The fraction of sp³-hybridized carbons (Fsp3) is 0.917. The van der Waals surface area contributed by atoms with Crippen LogP contribution in [0.3, 0.4) is 0 Å². The number of rotatable bonds is 4. The molecule has 0 spiro atoms. The smallest absolute Gasteiger partial charge is 0.313 e. The van der Waals surface area contributed by atoms with E-state index in [0.717, 1.165) is 25.7 Å². The number of esters is 1. The Kier molecular flexibility index (Phi) is 4.74. The van der Waals surface area contributed by atoms with Crippen molar-refractivity contribution in [2.45, 2.75) is 51.7 Å². The third kappa shape index (κ3) is 2.95. The van der Waals surface area contributed by atoms with Crippen LogP contribution in [0.25, 0.3) is 0 Å². The number of carbonyl (C=O) groups excluding carboxylic acids is 1. The first kappa shape index (κ1) is 13.5. The summed E-state index contributed by atoms with van der Waals surface area (Å²) in [5.41, 5.74) is 5.52. The molecule has 0 aliphatic heterocycles. The Bertz CT molecular complexity index is 244. The summed E-state index contributed by atoms with van der Waals surface area (Å²) in [5, 5.41) is 0. The molecule has 0 aromatic rings. The van der Waals surface area contributed by atoms with Gasteiger partial charge in [-0.25, -0.2) is 0 Å². The Morgan fingerprint density at radius 2 is 2.25 bits per heavy atom. The number of hydrogen-bond donors (Lipinski definition) is 1. The molecule has 0 bridgehead atoms. The van der Waals surface area contributed by atoms with E-state index in [2.05, 4.69) is 0 Å². The van der Waals surface area contributed by atoms with Crippen LogP contribution in [0, 0.1) is 5.41 Å². The summed E-state index contributed by atoms with van der Waals surface area (Å²) < 4.78 is 10.3. The van der Waals surface area contributed by atoms with E-state index in [1.807, 2.05) is 13.8 Å². The summed E-state index contributed by atoms with van der Waals surface area (Å²) in [6, 6.07) is -0.0801. The number of nitrogens with two attached hydrogens (primary N) is 1. The second-order valence-corrected chi connectivity index (χ2v) is 4.94. The molecule has 1 aliphatic rings. The summed E-state index contributed by atoms with van der Waals surface area (Å²) in [4.78, 5) is 12.1. The van der Waals surface area contributed by atoms with Gasteiger partial charge in [0.25, 0.3) is 0 Å². The third-order valence-electron chi connectivity index (χ3n) is 3.46. The highest BCUT2D eigenvalue weighted by molar-refractivity contribution is 5.77. The molecule has 0 radical (unpaired) electrons. The van der Waals surface area contributed by atoms with Crippen LogP contribution in [-0.4, -0.2) is 31.8 Å². The Labute approximate surface area is 97.5 Å². The van der Waals surface area contributed by atoms with Crippen molar-refractivity contribution in [2.24, 2.45) is 11.1 Å². The molecular formula is C12H23NO3. The molecule has 0 saturated heterocycles. The van der Waals surface area contributed by atoms with Gasteiger partial charge in [0.1, 0.15) is 6.10 Å². The van der Waals surface area contributed by atoms with Crippen LogP contribution in [0.5, 0.6) is 0 Å². The normalized spacial score (nSPS) is 32.1. The molecule has 4 heteroatoms. The Hall–Kier alpha value is -0.610. The molecule has 1 aliphatic carbocycles. The van der Waals surface area contributed by atoms with E-state index in [9.17, 15) is 4.79 Å². The second-order valence-electron chi connectivity index (χ2n) is 4.94. The van der Waals surface area contributed by atoms with Gasteiger partial charge in [-0.05, 0) is 26.7 Å². The molecule has 4 nitrogen and oxygen atoms in total. The fourth-order valence-electron chi connectivity index (χ4n) is 2.20. The van der Waals surface area contributed by atoms with Gasteiger partial charge in [0.2, 0.25) is 0 Å². The molecule has 2 N–H and O–H groups in total. The topological polar surface area (TPSA) is 61.5 Å². The lowest BCUT2D eigenvalue weighted by Gasteiger charge is -2.37. The zero-order chi connectivity index (χ0) is 12.2. The summed E-state index contributed by atoms with van der Waals surface area (Å²) in [5.74, 6) is -0.177. The van der Waals surface area contributed by atoms with Crippen LogP contribution >= 0.6 is 0 Å². The standard InChI is InChI=1S/C12H23NO3/c1-9(8-15-3)16-11(14)12(2)7-5-4-6-10(12)13/h9-10H,4-8,13H2,1-3H3. The highest BCUT2D eigenvalue weighted by Crippen LogP contribution is 2.36. The van der Waals surface area contributed by atoms with Gasteiger partial charge < -0.3 is 15.2 Å². The Morgan fingerprint density at radius 1 is 1.56 bits per heavy atom. The molecule has 0 aromatic heterocycles. The summed E-state index contributed by atoms with van der Waals surface area (Å²) in [6.45, 7) is 4.18. The van der Waals surface area contributed by atoms with Crippen LogP contribution in [0.2, 0.25) is 0 Å². The van der Waals surface area contributed by atoms with Crippen molar-refractivity contribution < 1.29 is 14.3 Å². The van der Waals surface area contributed by atoms with E-state index in [4.69, 9.17) is 15.2 Å². The van der Waals surface area contributed by atoms with Crippen LogP contribution in [0.4, 0.5) is 0 Å². The largest absolute Gasteiger partial charge is 0.460 e. The van der Waals surface area contributed by atoms with Gasteiger partial charge in [0.05, 0.1) is 12.0 Å². The maximum atomic E-state index is 12.1. The van der Waals surface area contributed by atoms with E-state index >= 15 is 0 Å². The van der Waals surface area contributed by atoms with Crippen molar-refractivity contribution in [3.8, 4) is 0 Å². The summed E-state index contributed by atoms with van der Waals surface area (Å²) in [7, 11) is 1.60. The maximum absolute atomic E-state index is 12.1. The van der Waals surface area contributed by atoms with Gasteiger partial charge in [-0.15, -0.1) is 0 Å². The van der Waals surface area contributed by atoms with Crippen molar-refractivity contribution in [2.75, 3.05) is 13.7 Å². The van der Waals surface area contributed by atoms with Gasteiger partial charge in [-0.2, -0.15) is 0 Å². The van der Waals surface area contributed by atoms with Crippen molar-refractivity contribution in [3.63, 3.8) is 0 Å². The molecule has 1 rings (SSSR count). The fourth-order valence-corrected chi connectivity index (χ4v) is 2.20. The van der Waals surface area contributed by atoms with Gasteiger partial charge in [0, 0.05) is 13.2 Å². The highest BCUT2D eigenvalue weighted by atomic mass is 16.6. The number of hydrogen-bond acceptors (Lipinski definition) is 4. The van der Waals surface area contributed by atoms with Crippen LogP contribution < -0.4 is 5.73 Å². The third-order valence-corrected chi connectivity index (χ3v) is 3.46. The predicted octanol–water partition coefficient (Wildman–Crippen LogP) is 1.47. The summed E-state index contributed by atoms with van der Waals surface area (Å²) >= 11 is 0. The molecule has 0 amide bonds.